The number of rotatable bonds is 9. The standard InChI is InChI=1S/C25H23FO4S/c1-17-12-24(23(29-2)14-22(17)30-15-25(27)28)31-16-20-10-7-18(8-11-20)6-9-19-4-3-5-21(26)13-19/h3-14H,15-16H2,1-2H3,(H,27,28)/b9-6+. The van der Waals surface area contributed by atoms with E-state index >= 15 is 0 Å². The number of carboxylic acid groups (broad SMARTS) is 1. The fraction of sp³-hybridized carbons (Fsp3) is 0.160. The number of hydrogen-bond donors (Lipinski definition) is 1. The minimum Gasteiger partial charge on any atom is -0.495 e. The van der Waals surface area contributed by atoms with Crippen LogP contribution in [-0.4, -0.2) is 24.8 Å². The normalized spacial score (nSPS) is 10.9. The second-order valence-corrected chi connectivity index (χ2v) is 7.89. The third-order valence-electron chi connectivity index (χ3n) is 4.50. The lowest BCUT2D eigenvalue weighted by Gasteiger charge is -2.13. The minimum atomic E-state index is -1.02. The maximum absolute atomic E-state index is 13.3. The number of carbonyl (C=O) groups is 1. The fourth-order valence-corrected chi connectivity index (χ4v) is 3.96. The molecule has 0 atom stereocenters. The zero-order valence-corrected chi connectivity index (χ0v) is 18.1. The number of aryl methyl sites for hydroxylation is 1. The lowest BCUT2D eigenvalue weighted by molar-refractivity contribution is -0.139. The Morgan fingerprint density at radius 2 is 1.77 bits per heavy atom. The van der Waals surface area contributed by atoms with E-state index < -0.39 is 12.6 Å². The second-order valence-electron chi connectivity index (χ2n) is 6.87. The minimum absolute atomic E-state index is 0.248. The van der Waals surface area contributed by atoms with E-state index in [0.29, 0.717) is 11.5 Å². The third-order valence-corrected chi connectivity index (χ3v) is 5.61. The number of carboxylic acids is 1. The number of hydrogen-bond acceptors (Lipinski definition) is 4. The lowest BCUT2D eigenvalue weighted by Crippen LogP contribution is -2.10. The van der Waals surface area contributed by atoms with Crippen molar-refractivity contribution in [2.75, 3.05) is 13.7 Å². The van der Waals surface area contributed by atoms with Crippen LogP contribution in [0.25, 0.3) is 12.2 Å². The van der Waals surface area contributed by atoms with Crippen LogP contribution >= 0.6 is 11.8 Å². The maximum Gasteiger partial charge on any atom is 0.341 e. The van der Waals surface area contributed by atoms with Gasteiger partial charge in [-0.1, -0.05) is 48.6 Å². The van der Waals surface area contributed by atoms with Crippen molar-refractivity contribution in [1.82, 2.24) is 0 Å². The van der Waals surface area contributed by atoms with Crippen molar-refractivity contribution < 1.29 is 23.8 Å². The first-order chi connectivity index (χ1) is 14.9. The molecule has 0 bridgehead atoms. The molecule has 160 valence electrons. The predicted molar refractivity (Wildman–Crippen MR) is 122 cm³/mol. The Balaban J connectivity index is 1.64. The van der Waals surface area contributed by atoms with Crippen molar-refractivity contribution in [1.29, 1.82) is 0 Å². The third kappa shape index (κ3) is 6.62. The predicted octanol–water partition coefficient (Wildman–Crippen LogP) is 6.07. The van der Waals surface area contributed by atoms with Gasteiger partial charge in [-0.05, 0) is 47.4 Å². The molecule has 0 radical (unpaired) electrons. The van der Waals surface area contributed by atoms with E-state index in [1.54, 1.807) is 31.0 Å². The van der Waals surface area contributed by atoms with Crippen LogP contribution in [0.2, 0.25) is 0 Å². The molecule has 0 aromatic heterocycles. The SMILES string of the molecule is COc1cc(OCC(=O)O)c(C)cc1SCc1ccc(/C=C/c2cccc(F)c2)cc1. The Bertz CT molecular complexity index is 1080. The monoisotopic (exact) mass is 438 g/mol. The summed E-state index contributed by atoms with van der Waals surface area (Å²) in [5.41, 5.74) is 3.85. The lowest BCUT2D eigenvalue weighted by atomic mass is 10.1. The quantitative estimate of drug-likeness (QED) is 0.325. The number of halogens is 1. The summed E-state index contributed by atoms with van der Waals surface area (Å²) >= 11 is 1.63. The number of methoxy groups -OCH3 is 1. The average molecular weight is 439 g/mol. The molecular formula is C25H23FO4S. The molecule has 1 N–H and O–H groups in total. The van der Waals surface area contributed by atoms with Crippen molar-refractivity contribution >= 4 is 29.9 Å². The Kier molecular flexibility index (Phi) is 7.73. The molecule has 0 aliphatic heterocycles. The Morgan fingerprint density at radius 1 is 1.03 bits per heavy atom. The van der Waals surface area contributed by atoms with Crippen molar-refractivity contribution in [3.63, 3.8) is 0 Å². The molecular weight excluding hydrogens is 415 g/mol. The van der Waals surface area contributed by atoms with Crippen molar-refractivity contribution in [3.05, 3.63) is 88.7 Å². The van der Waals surface area contributed by atoms with Crippen molar-refractivity contribution in [2.45, 2.75) is 17.6 Å². The van der Waals surface area contributed by atoms with Crippen LogP contribution in [0.4, 0.5) is 4.39 Å². The molecule has 3 aromatic rings. The van der Waals surface area contributed by atoms with Gasteiger partial charge in [0.1, 0.15) is 17.3 Å². The van der Waals surface area contributed by atoms with Crippen LogP contribution in [0, 0.1) is 12.7 Å². The van der Waals surface area contributed by atoms with Crippen LogP contribution < -0.4 is 9.47 Å². The zero-order chi connectivity index (χ0) is 22.2. The number of aliphatic carboxylic acids is 1. The topological polar surface area (TPSA) is 55.8 Å². The van der Waals surface area contributed by atoms with Gasteiger partial charge in [0.15, 0.2) is 6.61 Å². The van der Waals surface area contributed by atoms with E-state index in [-0.39, 0.29) is 5.82 Å². The highest BCUT2D eigenvalue weighted by molar-refractivity contribution is 7.98. The molecule has 3 aromatic carbocycles. The van der Waals surface area contributed by atoms with Gasteiger partial charge in [-0.25, -0.2) is 9.18 Å². The largest absolute Gasteiger partial charge is 0.495 e. The van der Waals surface area contributed by atoms with Gasteiger partial charge in [-0.2, -0.15) is 0 Å². The van der Waals surface area contributed by atoms with Crippen LogP contribution in [0.3, 0.4) is 0 Å². The van der Waals surface area contributed by atoms with Gasteiger partial charge in [-0.15, -0.1) is 11.8 Å². The van der Waals surface area contributed by atoms with Crippen LogP contribution in [-0.2, 0) is 10.5 Å². The van der Waals surface area contributed by atoms with E-state index in [9.17, 15) is 9.18 Å². The number of ether oxygens (including phenoxy) is 2. The van der Waals surface area contributed by atoms with E-state index in [2.05, 4.69) is 12.1 Å². The highest BCUT2D eigenvalue weighted by Gasteiger charge is 2.11. The van der Waals surface area contributed by atoms with E-state index in [1.165, 1.54) is 12.1 Å². The molecule has 4 nitrogen and oxygen atoms in total. The Hall–Kier alpha value is -3.25. The molecule has 0 saturated carbocycles. The molecule has 0 aliphatic rings. The highest BCUT2D eigenvalue weighted by Crippen LogP contribution is 2.37. The van der Waals surface area contributed by atoms with Gasteiger partial charge in [-0.3, -0.25) is 0 Å². The smallest absolute Gasteiger partial charge is 0.341 e. The van der Waals surface area contributed by atoms with Crippen LogP contribution in [0.15, 0.2) is 65.6 Å². The second kappa shape index (κ2) is 10.7. The fourth-order valence-electron chi connectivity index (χ4n) is 2.90. The van der Waals surface area contributed by atoms with Crippen LogP contribution in [0.5, 0.6) is 11.5 Å². The van der Waals surface area contributed by atoms with E-state index in [0.717, 1.165) is 32.9 Å². The first kappa shape index (κ1) is 22.4. The average Bonchev–Trinajstić information content (AvgIpc) is 2.76. The molecule has 0 amide bonds. The van der Waals surface area contributed by atoms with Gasteiger partial charge >= 0.3 is 5.97 Å². The Labute approximate surface area is 185 Å². The molecule has 6 heteroatoms. The highest BCUT2D eigenvalue weighted by atomic mass is 32.2. The molecule has 0 fully saturated rings. The summed E-state index contributed by atoms with van der Waals surface area (Å²) in [5, 5.41) is 8.80. The van der Waals surface area contributed by atoms with Gasteiger partial charge in [0, 0.05) is 11.8 Å². The first-order valence-corrected chi connectivity index (χ1v) is 10.6. The number of thioether (sulfide) groups is 1. The summed E-state index contributed by atoms with van der Waals surface area (Å²) in [6.07, 6.45) is 3.84. The number of benzene rings is 3. The Morgan fingerprint density at radius 3 is 2.45 bits per heavy atom. The molecule has 0 aliphatic carbocycles. The summed E-state index contributed by atoms with van der Waals surface area (Å²) in [7, 11) is 1.58. The summed E-state index contributed by atoms with van der Waals surface area (Å²) < 4.78 is 24.0. The van der Waals surface area contributed by atoms with Crippen molar-refractivity contribution in [3.8, 4) is 11.5 Å². The zero-order valence-electron chi connectivity index (χ0n) is 17.3. The molecule has 3 rings (SSSR count). The van der Waals surface area contributed by atoms with Gasteiger partial charge < -0.3 is 14.6 Å². The van der Waals surface area contributed by atoms with E-state index in [1.807, 2.05) is 43.3 Å². The van der Waals surface area contributed by atoms with Crippen LogP contribution in [0.1, 0.15) is 22.3 Å². The first-order valence-electron chi connectivity index (χ1n) is 9.63. The summed E-state index contributed by atoms with van der Waals surface area (Å²) in [4.78, 5) is 11.7. The van der Waals surface area contributed by atoms with Gasteiger partial charge in [0.25, 0.3) is 0 Å². The molecule has 0 saturated heterocycles. The van der Waals surface area contributed by atoms with Crippen molar-refractivity contribution in [2.24, 2.45) is 0 Å². The van der Waals surface area contributed by atoms with Gasteiger partial charge in [0.2, 0.25) is 0 Å². The summed E-state index contributed by atoms with van der Waals surface area (Å²) in [6.45, 7) is 1.48. The van der Waals surface area contributed by atoms with E-state index in [4.69, 9.17) is 14.6 Å². The maximum atomic E-state index is 13.3. The molecule has 0 spiro atoms. The summed E-state index contributed by atoms with van der Waals surface area (Å²) in [6, 6.07) is 18.3. The molecule has 0 unspecified atom stereocenters. The molecule has 0 heterocycles. The molecule has 31 heavy (non-hydrogen) atoms. The summed E-state index contributed by atoms with van der Waals surface area (Å²) in [5.74, 6) is 0.621. The van der Waals surface area contributed by atoms with Gasteiger partial charge in [0.05, 0.1) is 12.0 Å².